The van der Waals surface area contributed by atoms with Crippen LogP contribution in [-0.4, -0.2) is 42.2 Å². The molecule has 0 aliphatic heterocycles. The quantitative estimate of drug-likeness (QED) is 0.0882. The second-order valence-electron chi connectivity index (χ2n) is 37.9. The fourth-order valence-corrected chi connectivity index (χ4v) is 15.2. The van der Waals surface area contributed by atoms with Crippen LogP contribution in [0.15, 0.2) is 254 Å². The first-order chi connectivity index (χ1) is 67.4. The van der Waals surface area contributed by atoms with Crippen molar-refractivity contribution >= 4 is 15.9 Å². The van der Waals surface area contributed by atoms with Crippen molar-refractivity contribution in [3.05, 3.63) is 425 Å². The Morgan fingerprint density at radius 3 is 1.02 bits per heavy atom. The van der Waals surface area contributed by atoms with E-state index in [9.17, 15) is 52.7 Å². The van der Waals surface area contributed by atoms with E-state index >= 15 is 0 Å². The maximum atomic E-state index is 14.4. The van der Waals surface area contributed by atoms with Gasteiger partial charge in [0.2, 0.25) is 0 Å². The first kappa shape index (κ1) is 122. The Morgan fingerprint density at radius 2 is 0.625 bits per heavy atom. The summed E-state index contributed by atoms with van der Waals surface area (Å²) in [7, 11) is 1.47. The average Bonchev–Trinajstić information content (AvgIpc) is 0.861. The van der Waals surface area contributed by atoms with Crippen LogP contribution >= 0.6 is 15.9 Å². The fraction of sp³-hybridized carbons (Fsp3) is 0.325. The van der Waals surface area contributed by atoms with Crippen LogP contribution in [0.4, 0.5) is 52.7 Å². The lowest BCUT2D eigenvalue weighted by molar-refractivity contribution is 0.383. The molecule has 0 saturated carbocycles. The third kappa shape index (κ3) is 35.3. The molecule has 0 amide bonds. The molecule has 0 saturated heterocycles. The van der Waals surface area contributed by atoms with Gasteiger partial charge in [0, 0.05) is 92.4 Å². The minimum absolute atomic E-state index is 0. The van der Waals surface area contributed by atoms with Crippen molar-refractivity contribution < 1.29 is 57.4 Å². The highest BCUT2D eigenvalue weighted by Crippen LogP contribution is 2.40. The molecule has 766 valence electrons. The predicted molar refractivity (Wildman–Crippen MR) is 575 cm³/mol. The molecule has 0 unspecified atom stereocenters. The first-order valence-electron chi connectivity index (χ1n) is 48.2. The lowest BCUT2D eigenvalue weighted by Gasteiger charge is -2.14. The summed E-state index contributed by atoms with van der Waals surface area (Å²) >= 11 is 3.34. The Morgan fingerprint density at radius 1 is 0.264 bits per heavy atom. The molecule has 0 spiro atoms. The second-order valence-corrected chi connectivity index (χ2v) is 38.6. The Hall–Kier alpha value is -12.8. The van der Waals surface area contributed by atoms with Gasteiger partial charge < -0.3 is 4.74 Å². The molecular formula is C123H142BrF12N7O. The molecule has 10 aromatic carbocycles. The molecule has 144 heavy (non-hydrogen) atoms. The van der Waals surface area contributed by atoms with Gasteiger partial charge >= 0.3 is 0 Å². The van der Waals surface area contributed by atoms with Gasteiger partial charge in [-0.25, -0.2) is 57.7 Å². The lowest BCUT2D eigenvalue weighted by Crippen LogP contribution is -2.02. The van der Waals surface area contributed by atoms with Crippen LogP contribution in [0.2, 0.25) is 0 Å². The number of rotatable bonds is 16. The summed E-state index contributed by atoms with van der Waals surface area (Å²) in [6, 6.07) is 65.2. The number of aromatic nitrogens is 7. The average molecular weight is 2040 g/mol. The van der Waals surface area contributed by atoms with Gasteiger partial charge in [0.1, 0.15) is 68.6 Å². The maximum absolute atomic E-state index is 14.4. The van der Waals surface area contributed by atoms with Crippen LogP contribution in [0.25, 0.3) is 55.8 Å². The van der Waals surface area contributed by atoms with E-state index < -0.39 is 46.3 Å². The molecule has 0 aliphatic carbocycles. The smallest absolute Gasteiger partial charge is 0.168 e. The standard InChI is InChI=1S/C16H14F4.C16H15F3.C16H16F2.C16H17F.C15H16FN.C10H13FO.2C9H13N.C8H11BrN2.C7H10N2.CH4/c1-8(2)11-4-5-12(18)15(16(11)20)14-9(3)6-10(17)7-13(14)19;1-9(2)12-5-4-6-13(16(12)19)15-10(3)7-11(17)8-14(15)18;1-10(2)12-7-5-8-13(16(12)18)15-11(3)6-4-9-14(15)17;1-11(2)13-9-6-10-15(16(13)17)14-8-5-4-7-12(14)3;1-10(2)12-7-4-8-13(14(12)16)15-11(3)6-5-9-17-15;1-7(2)8-5-4-6-9(12-3)10(8)11;2*1-7(2)9-6-4-5-8(3)10-9;1-5(2)7-4-10-6(3)8(9)11-7;1-6(2)7-4-3-5-8-9-7;/h4-8H,1-3H3;4-9H,1-3H3;4-10H,1-3H3;4-11H,1-3H3;4-10H,1-3H3;4-7H,1-3H3;2*4-7H,1-3H3;4-5H,1-3H3;3-6H,1-2H3;1H4. The van der Waals surface area contributed by atoms with Gasteiger partial charge in [-0.2, -0.15) is 10.2 Å². The number of benzene rings is 10. The van der Waals surface area contributed by atoms with Crippen LogP contribution in [0.5, 0.6) is 5.75 Å². The number of hydrogen-bond acceptors (Lipinski definition) is 8. The molecule has 5 heterocycles. The van der Waals surface area contributed by atoms with Gasteiger partial charge in [0.05, 0.1) is 35.4 Å². The summed E-state index contributed by atoms with van der Waals surface area (Å²) in [6.07, 6.45) is 5.21. The van der Waals surface area contributed by atoms with Gasteiger partial charge in [0.15, 0.2) is 11.6 Å². The highest BCUT2D eigenvalue weighted by molar-refractivity contribution is 9.10. The summed E-state index contributed by atoms with van der Waals surface area (Å²) < 4.78 is 173. The lowest BCUT2D eigenvalue weighted by atomic mass is 9.93. The van der Waals surface area contributed by atoms with Crippen molar-refractivity contribution in [1.29, 1.82) is 0 Å². The van der Waals surface area contributed by atoms with Crippen molar-refractivity contribution in [2.75, 3.05) is 7.11 Å². The van der Waals surface area contributed by atoms with Crippen molar-refractivity contribution in [2.45, 2.75) is 260 Å². The summed E-state index contributed by atoms with van der Waals surface area (Å²) in [4.78, 5) is 21.5. The van der Waals surface area contributed by atoms with Gasteiger partial charge in [-0.15, -0.1) is 0 Å². The molecule has 0 N–H and O–H groups in total. The van der Waals surface area contributed by atoms with Crippen LogP contribution in [-0.2, 0) is 0 Å². The number of halogens is 13. The molecular weight excluding hydrogens is 1900 g/mol. The summed E-state index contributed by atoms with van der Waals surface area (Å²) in [5, 5.41) is 7.68. The highest BCUT2D eigenvalue weighted by Gasteiger charge is 2.25. The maximum Gasteiger partial charge on any atom is 0.168 e. The van der Waals surface area contributed by atoms with Crippen molar-refractivity contribution in [3.63, 3.8) is 0 Å². The van der Waals surface area contributed by atoms with Gasteiger partial charge in [-0.1, -0.05) is 285 Å². The molecule has 0 radical (unpaired) electrons. The predicted octanol–water partition coefficient (Wildman–Crippen LogP) is 37.7. The van der Waals surface area contributed by atoms with Crippen LogP contribution in [0.1, 0.15) is 306 Å². The molecule has 8 nitrogen and oxygen atoms in total. The topological polar surface area (TPSA) is 99.5 Å². The number of methoxy groups -OCH3 is 1. The highest BCUT2D eigenvalue weighted by atomic mass is 79.9. The fourth-order valence-electron chi connectivity index (χ4n) is 14.9. The number of nitrogens with zero attached hydrogens (tertiary/aromatic N) is 7. The number of ether oxygens (including phenoxy) is 1. The molecule has 5 aromatic heterocycles. The van der Waals surface area contributed by atoms with E-state index in [1.807, 2.05) is 201 Å². The van der Waals surface area contributed by atoms with Gasteiger partial charge in [-0.05, 0) is 276 Å². The van der Waals surface area contributed by atoms with Crippen molar-refractivity contribution in [2.24, 2.45) is 0 Å². The van der Waals surface area contributed by atoms with Crippen molar-refractivity contribution in [1.82, 2.24) is 35.1 Å². The molecule has 15 aromatic rings. The molecule has 0 fully saturated rings. The Balaban J connectivity index is 0.000000284. The Kier molecular flexibility index (Phi) is 49.8. The molecule has 0 bridgehead atoms. The molecule has 0 aliphatic rings. The number of aryl methyl sites for hydroxylation is 8. The minimum Gasteiger partial charge on any atom is -0.494 e. The van der Waals surface area contributed by atoms with E-state index in [1.54, 1.807) is 107 Å². The summed E-state index contributed by atoms with van der Waals surface area (Å²) in [5.41, 5.74) is 18.0. The van der Waals surface area contributed by atoms with E-state index in [-0.39, 0.29) is 94.3 Å². The number of hydrogen-bond donors (Lipinski definition) is 0. The zero-order valence-corrected chi connectivity index (χ0v) is 89.5. The van der Waals surface area contributed by atoms with E-state index in [2.05, 4.69) is 131 Å². The largest absolute Gasteiger partial charge is 0.494 e. The SMILES string of the molecule is C.CC(C)c1cccnn1.COc1cccc(C(C)C)c1F.Cc1cc(F)cc(F)c1-c1c(F)ccc(C(C)C)c1F.Cc1cc(F)cc(F)c1-c1cccc(C(C)C)c1F.Cc1cccc(C(C)C)n1.Cc1cccc(C(C)C)n1.Cc1cccc(F)c1-c1cccc(C(C)C)c1F.Cc1ccccc1-c1cccc(C(C)C)c1F.Cc1cccnc1-c1cccc(C(C)C)c1F.Cc1ncc(C(C)C)nc1Br. The Bertz CT molecular complexity index is 6380. The summed E-state index contributed by atoms with van der Waals surface area (Å²) in [6.45, 7) is 54.8. The van der Waals surface area contributed by atoms with E-state index in [0.717, 1.165) is 90.3 Å². The third-order valence-corrected chi connectivity index (χ3v) is 23.8. The second kappa shape index (κ2) is 58.9. The minimum atomic E-state index is -0.971. The van der Waals surface area contributed by atoms with Crippen LogP contribution in [0.3, 0.4) is 0 Å². The normalized spacial score (nSPS) is 10.7. The third-order valence-electron chi connectivity index (χ3n) is 23.1. The number of pyridine rings is 3. The molecule has 21 heteroatoms. The summed E-state index contributed by atoms with van der Waals surface area (Å²) in [5.74, 6) is -3.58. The zero-order valence-electron chi connectivity index (χ0n) is 87.9. The first-order valence-corrected chi connectivity index (χ1v) is 49.0. The van der Waals surface area contributed by atoms with Crippen LogP contribution in [0, 0.1) is 125 Å². The Labute approximate surface area is 856 Å². The van der Waals surface area contributed by atoms with Crippen molar-refractivity contribution in [3.8, 4) is 61.5 Å². The molecule has 0 atom stereocenters. The van der Waals surface area contributed by atoms with Crippen LogP contribution < -0.4 is 4.74 Å². The monoisotopic (exact) mass is 2040 g/mol. The van der Waals surface area contributed by atoms with Gasteiger partial charge in [-0.3, -0.25) is 19.9 Å². The van der Waals surface area contributed by atoms with E-state index in [0.29, 0.717) is 85.6 Å². The molecule has 15 rings (SSSR count). The van der Waals surface area contributed by atoms with E-state index in [4.69, 9.17) is 4.74 Å². The zero-order chi connectivity index (χ0) is 107. The van der Waals surface area contributed by atoms with Gasteiger partial charge in [0.25, 0.3) is 0 Å². The van der Waals surface area contributed by atoms with E-state index in [1.165, 1.54) is 49.7 Å².